The van der Waals surface area contributed by atoms with E-state index in [4.69, 9.17) is 11.6 Å². The lowest BCUT2D eigenvalue weighted by Gasteiger charge is -2.07. The van der Waals surface area contributed by atoms with Gasteiger partial charge in [0.05, 0.1) is 5.02 Å². The summed E-state index contributed by atoms with van der Waals surface area (Å²) in [6.45, 7) is 1.84. The summed E-state index contributed by atoms with van der Waals surface area (Å²) >= 11 is 7.13. The van der Waals surface area contributed by atoms with E-state index in [0.717, 1.165) is 5.56 Å². The molecule has 90 valence electrons. The fraction of sp³-hybridized carbons (Fsp3) is 0.100. The quantitative estimate of drug-likeness (QED) is 0.945. The van der Waals surface area contributed by atoms with E-state index in [1.165, 1.54) is 23.6 Å². The molecule has 4 nitrogen and oxygen atoms in total. The molecular formula is C10H9ClN2O2S2. The second-order valence-corrected chi connectivity index (χ2v) is 6.33. The highest BCUT2D eigenvalue weighted by Crippen LogP contribution is 2.25. The number of anilines is 1. The van der Waals surface area contributed by atoms with Crippen LogP contribution in [0.5, 0.6) is 0 Å². The molecule has 0 spiro atoms. The minimum Gasteiger partial charge on any atom is -0.255 e. The predicted molar refractivity (Wildman–Crippen MR) is 69.1 cm³/mol. The number of thiazole rings is 1. The van der Waals surface area contributed by atoms with E-state index >= 15 is 0 Å². The summed E-state index contributed by atoms with van der Waals surface area (Å²) in [4.78, 5) is 3.91. The molecule has 0 fully saturated rings. The molecule has 2 aromatic rings. The summed E-state index contributed by atoms with van der Waals surface area (Å²) in [7, 11) is -3.66. The van der Waals surface area contributed by atoms with E-state index in [-0.39, 0.29) is 9.92 Å². The predicted octanol–water partition coefficient (Wildman–Crippen LogP) is 2.91. The van der Waals surface area contributed by atoms with Crippen molar-refractivity contribution < 1.29 is 8.42 Å². The lowest BCUT2D eigenvalue weighted by atomic mass is 10.2. The molecule has 0 bridgehead atoms. The van der Waals surface area contributed by atoms with E-state index in [0.29, 0.717) is 5.13 Å². The third-order valence-electron chi connectivity index (χ3n) is 2.03. The number of aromatic nitrogens is 1. The minimum atomic E-state index is -3.66. The van der Waals surface area contributed by atoms with Crippen molar-refractivity contribution >= 4 is 38.1 Å². The van der Waals surface area contributed by atoms with Gasteiger partial charge in [-0.3, -0.25) is 4.72 Å². The van der Waals surface area contributed by atoms with Gasteiger partial charge in [-0.15, -0.1) is 11.3 Å². The van der Waals surface area contributed by atoms with Gasteiger partial charge in [0.1, 0.15) is 4.90 Å². The molecule has 1 heterocycles. The van der Waals surface area contributed by atoms with E-state index < -0.39 is 10.0 Å². The van der Waals surface area contributed by atoms with Gasteiger partial charge >= 0.3 is 0 Å². The minimum absolute atomic E-state index is 0.0555. The fourth-order valence-corrected chi connectivity index (χ4v) is 3.66. The molecule has 1 aromatic carbocycles. The highest BCUT2D eigenvalue weighted by molar-refractivity contribution is 7.93. The number of rotatable bonds is 3. The molecule has 0 aliphatic carbocycles. The summed E-state index contributed by atoms with van der Waals surface area (Å²) in [5, 5.41) is 2.21. The molecule has 0 aliphatic rings. The van der Waals surface area contributed by atoms with Crippen LogP contribution in [0, 0.1) is 6.92 Å². The molecule has 1 aromatic heterocycles. The van der Waals surface area contributed by atoms with Crippen LogP contribution in [-0.4, -0.2) is 13.4 Å². The summed E-state index contributed by atoms with van der Waals surface area (Å²) in [6.07, 6.45) is 1.53. The van der Waals surface area contributed by atoms with Crippen LogP contribution in [0.25, 0.3) is 0 Å². The second-order valence-electron chi connectivity index (χ2n) is 3.38. The third kappa shape index (κ3) is 2.77. The molecule has 1 N–H and O–H groups in total. The smallest absolute Gasteiger partial charge is 0.255 e. The Kier molecular flexibility index (Phi) is 3.37. The van der Waals surface area contributed by atoms with Crippen molar-refractivity contribution in [2.75, 3.05) is 4.72 Å². The summed E-state index contributed by atoms with van der Waals surface area (Å²) in [5.74, 6) is 0. The molecule has 0 saturated carbocycles. The fourth-order valence-electron chi connectivity index (χ4n) is 1.27. The lowest BCUT2D eigenvalue weighted by molar-refractivity contribution is 0.601. The summed E-state index contributed by atoms with van der Waals surface area (Å²) in [6, 6.07) is 4.79. The molecule has 0 aliphatic heterocycles. The largest absolute Gasteiger partial charge is 0.265 e. The van der Waals surface area contributed by atoms with Crippen molar-refractivity contribution in [3.8, 4) is 0 Å². The lowest BCUT2D eigenvalue weighted by Crippen LogP contribution is -2.13. The zero-order valence-electron chi connectivity index (χ0n) is 8.84. The Morgan fingerprint density at radius 2 is 2.18 bits per heavy atom. The van der Waals surface area contributed by atoms with Crippen molar-refractivity contribution in [2.24, 2.45) is 0 Å². The average molecular weight is 289 g/mol. The Labute approximate surface area is 108 Å². The average Bonchev–Trinajstić information content (AvgIpc) is 2.68. The number of halogens is 1. The normalized spacial score (nSPS) is 11.4. The van der Waals surface area contributed by atoms with Gasteiger partial charge in [-0.25, -0.2) is 13.4 Å². The molecule has 0 unspecified atom stereocenters. The first-order chi connectivity index (χ1) is 7.99. The zero-order valence-corrected chi connectivity index (χ0v) is 11.2. The van der Waals surface area contributed by atoms with Gasteiger partial charge in [-0.05, 0) is 24.6 Å². The van der Waals surface area contributed by atoms with Gasteiger partial charge in [0.15, 0.2) is 5.13 Å². The molecule has 0 atom stereocenters. The molecule has 17 heavy (non-hydrogen) atoms. The van der Waals surface area contributed by atoms with Crippen LogP contribution in [0.4, 0.5) is 5.13 Å². The molecule has 0 saturated heterocycles. The van der Waals surface area contributed by atoms with Crippen LogP contribution >= 0.6 is 22.9 Å². The maximum atomic E-state index is 12.0. The number of hydrogen-bond donors (Lipinski definition) is 1. The van der Waals surface area contributed by atoms with Crippen LogP contribution < -0.4 is 4.72 Å². The molecule has 2 rings (SSSR count). The SMILES string of the molecule is Cc1ccc(S(=O)(=O)Nc2nccs2)c(Cl)c1. The van der Waals surface area contributed by atoms with Crippen molar-refractivity contribution in [3.05, 3.63) is 40.4 Å². The molecular weight excluding hydrogens is 280 g/mol. The van der Waals surface area contributed by atoms with Crippen LogP contribution in [0.1, 0.15) is 5.56 Å². The third-order valence-corrected chi connectivity index (χ3v) is 4.67. The van der Waals surface area contributed by atoms with Crippen molar-refractivity contribution in [1.82, 2.24) is 4.98 Å². The Balaban J connectivity index is 2.38. The first kappa shape index (κ1) is 12.3. The molecule has 0 amide bonds. The van der Waals surface area contributed by atoms with E-state index in [9.17, 15) is 8.42 Å². The Morgan fingerprint density at radius 1 is 1.41 bits per heavy atom. The van der Waals surface area contributed by atoms with Gasteiger partial charge in [0.25, 0.3) is 10.0 Å². The second kappa shape index (κ2) is 4.64. The van der Waals surface area contributed by atoms with Gasteiger partial charge in [0.2, 0.25) is 0 Å². The van der Waals surface area contributed by atoms with E-state index in [1.54, 1.807) is 17.5 Å². The van der Waals surface area contributed by atoms with E-state index in [2.05, 4.69) is 9.71 Å². The van der Waals surface area contributed by atoms with Crippen LogP contribution in [-0.2, 0) is 10.0 Å². The van der Waals surface area contributed by atoms with Gasteiger partial charge in [0, 0.05) is 11.6 Å². The van der Waals surface area contributed by atoms with Gasteiger partial charge in [-0.1, -0.05) is 17.7 Å². The zero-order chi connectivity index (χ0) is 12.5. The van der Waals surface area contributed by atoms with Crippen molar-refractivity contribution in [3.63, 3.8) is 0 Å². The monoisotopic (exact) mass is 288 g/mol. The van der Waals surface area contributed by atoms with Crippen LogP contribution in [0.3, 0.4) is 0 Å². The number of sulfonamides is 1. The topological polar surface area (TPSA) is 59.1 Å². The maximum absolute atomic E-state index is 12.0. The highest BCUT2D eigenvalue weighted by Gasteiger charge is 2.18. The number of hydrogen-bond acceptors (Lipinski definition) is 4. The summed E-state index contributed by atoms with van der Waals surface area (Å²) in [5.41, 5.74) is 0.906. The number of nitrogens with one attached hydrogen (secondary N) is 1. The number of benzene rings is 1. The standard InChI is InChI=1S/C10H9ClN2O2S2/c1-7-2-3-9(8(11)6-7)17(14,15)13-10-12-4-5-16-10/h2-6H,1H3,(H,12,13). The highest BCUT2D eigenvalue weighted by atomic mass is 35.5. The van der Waals surface area contributed by atoms with Crippen molar-refractivity contribution in [2.45, 2.75) is 11.8 Å². The first-order valence-electron chi connectivity index (χ1n) is 4.67. The van der Waals surface area contributed by atoms with E-state index in [1.807, 2.05) is 6.92 Å². The number of nitrogens with zero attached hydrogens (tertiary/aromatic N) is 1. The molecule has 0 radical (unpaired) electrons. The molecule has 7 heteroatoms. The van der Waals surface area contributed by atoms with Gasteiger partial charge in [-0.2, -0.15) is 0 Å². The van der Waals surface area contributed by atoms with Crippen LogP contribution in [0.15, 0.2) is 34.7 Å². The Hall–Kier alpha value is -1.11. The Bertz CT molecular complexity index is 624. The summed E-state index contributed by atoms with van der Waals surface area (Å²) < 4.78 is 26.4. The van der Waals surface area contributed by atoms with Crippen LogP contribution in [0.2, 0.25) is 5.02 Å². The number of aryl methyl sites for hydroxylation is 1. The van der Waals surface area contributed by atoms with Gasteiger partial charge < -0.3 is 0 Å². The first-order valence-corrected chi connectivity index (χ1v) is 7.41. The van der Waals surface area contributed by atoms with Crippen molar-refractivity contribution in [1.29, 1.82) is 0 Å². The maximum Gasteiger partial charge on any atom is 0.265 e. The Morgan fingerprint density at radius 3 is 2.76 bits per heavy atom.